The van der Waals surface area contributed by atoms with Crippen molar-refractivity contribution in [1.82, 2.24) is 0 Å². The van der Waals surface area contributed by atoms with Crippen LogP contribution in [0, 0.1) is 19.3 Å². The maximum atomic E-state index is 6.92. The maximum Gasteiger partial charge on any atom is 0.141 e. The van der Waals surface area contributed by atoms with Crippen LogP contribution < -0.4 is 0 Å². The summed E-state index contributed by atoms with van der Waals surface area (Å²) in [6.07, 6.45) is 7.91. The molecule has 2 aliphatic rings. The van der Waals surface area contributed by atoms with Crippen molar-refractivity contribution in [2.75, 3.05) is 33.5 Å². The third-order valence-electron chi connectivity index (χ3n) is 7.34. The zero-order valence-electron chi connectivity index (χ0n) is 27.5. The highest BCUT2D eigenvalue weighted by molar-refractivity contribution is 9.10. The van der Waals surface area contributed by atoms with Crippen LogP contribution in [-0.4, -0.2) is 38.4 Å². The summed E-state index contributed by atoms with van der Waals surface area (Å²) in [4.78, 5) is 0.317. The van der Waals surface area contributed by atoms with Crippen LogP contribution >= 0.6 is 31.9 Å². The van der Waals surface area contributed by atoms with E-state index >= 15 is 0 Å². The summed E-state index contributed by atoms with van der Waals surface area (Å²) in [5.74, 6) is 0. The monoisotopic (exact) mass is 704 g/mol. The Morgan fingerprint density at radius 1 is 1.02 bits per heavy atom. The molecule has 1 aliphatic carbocycles. The molecule has 0 aromatic heterocycles. The van der Waals surface area contributed by atoms with Crippen molar-refractivity contribution >= 4 is 37.4 Å². The number of hydrogen-bond donors (Lipinski definition) is 0. The van der Waals surface area contributed by atoms with Crippen molar-refractivity contribution in [3.63, 3.8) is 0 Å². The minimum atomic E-state index is -0.557. The minimum absolute atomic E-state index is 0.317. The molecule has 1 fully saturated rings. The summed E-state index contributed by atoms with van der Waals surface area (Å²) in [6, 6.07) is 13.3. The topological polar surface area (TPSA) is 27.7 Å². The molecular formula is C37H54Br2O3. The van der Waals surface area contributed by atoms with Gasteiger partial charge in [-0.25, -0.2) is 0 Å². The number of unbranched alkanes of at least 4 members (excludes halogenated alkanes) is 2. The van der Waals surface area contributed by atoms with Crippen LogP contribution in [0.15, 0.2) is 71.8 Å². The average molecular weight is 707 g/mol. The summed E-state index contributed by atoms with van der Waals surface area (Å²) in [7, 11) is 1.73. The predicted molar refractivity (Wildman–Crippen MR) is 190 cm³/mol. The quantitative estimate of drug-likeness (QED) is 0.140. The molecule has 0 radical (unpaired) electrons. The Morgan fingerprint density at radius 3 is 2.21 bits per heavy atom. The molecule has 4 rings (SSSR count). The summed E-state index contributed by atoms with van der Waals surface area (Å²) >= 11 is 7.38. The first-order valence-corrected chi connectivity index (χ1v) is 16.9. The molecule has 2 aromatic carbocycles. The Labute approximate surface area is 274 Å². The standard InChI is InChI=1S/C27H32Br2O.C6H12O2.C2H6.C2H4/c1-6-7-8-15-30-27(25-16-18(2)9-10-19(25)3)21(5)23(13-11-20(4)28)24-14-12-22(29)17-26(24)27;1-6(3-7-2)4-8-5-6;2*1-2/h9-14,16-17,20H,6-8,15H2,1-5H3;3-5H2,1-2H3;1-2H3;1-2H2/b13-11-;;;. The molecule has 2 unspecified atom stereocenters. The molecule has 234 valence electrons. The van der Waals surface area contributed by atoms with Gasteiger partial charge in [0, 0.05) is 34.0 Å². The Morgan fingerprint density at radius 2 is 1.69 bits per heavy atom. The Bertz CT molecular complexity index is 1160. The van der Waals surface area contributed by atoms with E-state index in [1.54, 1.807) is 7.11 Å². The van der Waals surface area contributed by atoms with Crippen LogP contribution in [0.4, 0.5) is 0 Å². The number of benzene rings is 2. The number of methoxy groups -OCH3 is 1. The normalized spacial score (nSPS) is 18.9. The Kier molecular flexibility index (Phi) is 17.4. The highest BCUT2D eigenvalue weighted by Crippen LogP contribution is 2.53. The SMILES string of the molecule is C=C.CC.CCCCCOC1(c2cc(C)ccc2C)C(C)=C(/C=C\C(C)Br)c2ccc(Br)cc21.COCC1(C)COC1. The molecule has 42 heavy (non-hydrogen) atoms. The van der Waals surface area contributed by atoms with E-state index in [1.807, 2.05) is 13.8 Å². The van der Waals surface area contributed by atoms with Crippen molar-refractivity contribution in [1.29, 1.82) is 0 Å². The van der Waals surface area contributed by atoms with Crippen LogP contribution in [0.25, 0.3) is 5.57 Å². The second-order valence-corrected chi connectivity index (χ2v) is 13.4. The fraction of sp³-hybridized carbons (Fsp3) is 0.514. The van der Waals surface area contributed by atoms with Gasteiger partial charge in [0.2, 0.25) is 0 Å². The van der Waals surface area contributed by atoms with Crippen LogP contribution in [-0.2, 0) is 19.8 Å². The molecule has 1 heterocycles. The van der Waals surface area contributed by atoms with E-state index < -0.39 is 5.60 Å². The molecule has 0 spiro atoms. The van der Waals surface area contributed by atoms with Crippen molar-refractivity contribution in [3.8, 4) is 0 Å². The number of hydrogen-bond acceptors (Lipinski definition) is 3. The van der Waals surface area contributed by atoms with Crippen LogP contribution in [0.3, 0.4) is 0 Å². The first kappa shape index (κ1) is 38.5. The van der Waals surface area contributed by atoms with E-state index in [4.69, 9.17) is 14.2 Å². The van der Waals surface area contributed by atoms with Gasteiger partial charge in [0.05, 0.1) is 19.8 Å². The summed E-state index contributed by atoms with van der Waals surface area (Å²) < 4.78 is 18.0. The summed E-state index contributed by atoms with van der Waals surface area (Å²) in [6.45, 7) is 26.4. The average Bonchev–Trinajstić information content (AvgIpc) is 3.19. The fourth-order valence-corrected chi connectivity index (χ4v) is 5.78. The van der Waals surface area contributed by atoms with Crippen molar-refractivity contribution in [2.24, 2.45) is 5.41 Å². The molecule has 0 saturated carbocycles. The van der Waals surface area contributed by atoms with Gasteiger partial charge in [-0.3, -0.25) is 0 Å². The molecular weight excluding hydrogens is 652 g/mol. The van der Waals surface area contributed by atoms with Gasteiger partial charge in [0.25, 0.3) is 0 Å². The van der Waals surface area contributed by atoms with Gasteiger partial charge >= 0.3 is 0 Å². The zero-order chi connectivity index (χ0) is 31.9. The van der Waals surface area contributed by atoms with Crippen molar-refractivity contribution < 1.29 is 14.2 Å². The lowest BCUT2D eigenvalue weighted by molar-refractivity contribution is -0.131. The van der Waals surface area contributed by atoms with Gasteiger partial charge in [-0.05, 0) is 74.1 Å². The second kappa shape index (κ2) is 19.0. The zero-order valence-corrected chi connectivity index (χ0v) is 30.7. The molecule has 0 N–H and O–H groups in total. The minimum Gasteiger partial charge on any atom is -0.384 e. The van der Waals surface area contributed by atoms with E-state index in [0.29, 0.717) is 10.2 Å². The Balaban J connectivity index is 0.000000620. The molecule has 3 nitrogen and oxygen atoms in total. The number of halogens is 2. The lowest BCUT2D eigenvalue weighted by atomic mass is 9.80. The van der Waals surface area contributed by atoms with Crippen LogP contribution in [0.2, 0.25) is 0 Å². The van der Waals surface area contributed by atoms with Gasteiger partial charge in [0.15, 0.2) is 0 Å². The first-order chi connectivity index (χ1) is 20.1. The fourth-order valence-electron chi connectivity index (χ4n) is 5.27. The number of rotatable bonds is 10. The molecule has 2 atom stereocenters. The van der Waals surface area contributed by atoms with Crippen LogP contribution in [0.1, 0.15) is 88.6 Å². The van der Waals surface area contributed by atoms with Gasteiger partial charge in [-0.15, -0.1) is 13.2 Å². The van der Waals surface area contributed by atoms with E-state index in [1.165, 1.54) is 51.8 Å². The molecule has 2 aromatic rings. The third kappa shape index (κ3) is 9.75. The van der Waals surface area contributed by atoms with Crippen molar-refractivity contribution in [3.05, 3.63) is 99.6 Å². The predicted octanol–water partition coefficient (Wildman–Crippen LogP) is 11.1. The van der Waals surface area contributed by atoms with E-state index in [-0.39, 0.29) is 0 Å². The second-order valence-electron chi connectivity index (χ2n) is 11.1. The molecule has 0 amide bonds. The van der Waals surface area contributed by atoms with Gasteiger partial charge < -0.3 is 14.2 Å². The molecule has 1 aliphatic heterocycles. The smallest absolute Gasteiger partial charge is 0.141 e. The number of ether oxygens (including phenoxy) is 3. The maximum absolute atomic E-state index is 6.92. The number of alkyl halides is 1. The summed E-state index contributed by atoms with van der Waals surface area (Å²) in [5, 5.41) is 0. The van der Waals surface area contributed by atoms with Crippen LogP contribution in [0.5, 0.6) is 0 Å². The lowest BCUT2D eigenvalue weighted by Gasteiger charge is -2.37. The van der Waals surface area contributed by atoms with Crippen molar-refractivity contribution in [2.45, 2.75) is 85.1 Å². The first-order valence-electron chi connectivity index (χ1n) is 15.2. The van der Waals surface area contributed by atoms with E-state index in [0.717, 1.165) is 37.3 Å². The number of aryl methyl sites for hydroxylation is 2. The highest BCUT2D eigenvalue weighted by Gasteiger charge is 2.46. The molecule has 0 bridgehead atoms. The molecule has 5 heteroatoms. The van der Waals surface area contributed by atoms with Gasteiger partial charge in [-0.1, -0.05) is 114 Å². The van der Waals surface area contributed by atoms with E-state index in [2.05, 4.69) is 135 Å². The van der Waals surface area contributed by atoms with Gasteiger partial charge in [-0.2, -0.15) is 0 Å². The lowest BCUT2D eigenvalue weighted by Crippen LogP contribution is -2.43. The summed E-state index contributed by atoms with van der Waals surface area (Å²) in [5.41, 5.74) is 8.58. The van der Waals surface area contributed by atoms with E-state index in [9.17, 15) is 0 Å². The third-order valence-corrected chi connectivity index (χ3v) is 8.14. The number of fused-ring (bicyclic) bond motifs is 1. The largest absolute Gasteiger partial charge is 0.384 e. The molecule has 1 saturated heterocycles. The van der Waals surface area contributed by atoms with Gasteiger partial charge in [0.1, 0.15) is 5.60 Å². The Hall–Kier alpha value is -1.50. The highest BCUT2D eigenvalue weighted by atomic mass is 79.9. The number of allylic oxidation sites excluding steroid dienone is 3.